The number of aryl methyl sites for hydroxylation is 1. The first-order valence-corrected chi connectivity index (χ1v) is 10.9. The van der Waals surface area contributed by atoms with Gasteiger partial charge >= 0.3 is 0 Å². The number of piperidine rings is 1. The van der Waals surface area contributed by atoms with E-state index in [9.17, 15) is 14.0 Å². The monoisotopic (exact) mass is 454 g/mol. The van der Waals surface area contributed by atoms with Gasteiger partial charge in [0.2, 0.25) is 5.91 Å². The number of carbonyl (C=O) groups is 1. The standard InChI is InChI=1S/C24H24ClFN4O2/c1-16-7-8-20(13-21(16)25)30-23(31)10-9-22(28-30)29-11-3-5-18(15-29)24(32)27-14-17-4-2-6-19(26)12-17/h2,4,6-10,12-13,18H,3,5,11,14-15H2,1H3,(H,27,32)/t18-/m1/s1. The smallest absolute Gasteiger partial charge is 0.271 e. The predicted molar refractivity (Wildman–Crippen MR) is 123 cm³/mol. The maximum Gasteiger partial charge on any atom is 0.271 e. The van der Waals surface area contributed by atoms with Gasteiger partial charge in [-0.2, -0.15) is 4.68 Å². The van der Waals surface area contributed by atoms with Crippen LogP contribution in [-0.2, 0) is 11.3 Å². The zero-order valence-corrected chi connectivity index (χ0v) is 18.5. The molecule has 1 amide bonds. The molecule has 0 aliphatic carbocycles. The van der Waals surface area contributed by atoms with Gasteiger partial charge in [0.05, 0.1) is 11.6 Å². The maximum atomic E-state index is 13.4. The highest BCUT2D eigenvalue weighted by molar-refractivity contribution is 6.31. The summed E-state index contributed by atoms with van der Waals surface area (Å²) in [7, 11) is 0. The Labute approximate surface area is 190 Å². The Bertz CT molecular complexity index is 1200. The molecule has 0 saturated carbocycles. The van der Waals surface area contributed by atoms with E-state index < -0.39 is 0 Å². The number of halogens is 2. The molecule has 1 atom stereocenters. The van der Waals surface area contributed by atoms with Crippen molar-refractivity contribution >= 4 is 23.3 Å². The molecule has 32 heavy (non-hydrogen) atoms. The Morgan fingerprint density at radius 3 is 2.84 bits per heavy atom. The molecule has 1 N–H and O–H groups in total. The number of hydrogen-bond donors (Lipinski definition) is 1. The molecule has 6 nitrogen and oxygen atoms in total. The van der Waals surface area contributed by atoms with Crippen LogP contribution in [0.3, 0.4) is 0 Å². The lowest BCUT2D eigenvalue weighted by Gasteiger charge is -2.33. The lowest BCUT2D eigenvalue weighted by Crippen LogP contribution is -2.43. The molecule has 1 aliphatic heterocycles. The van der Waals surface area contributed by atoms with Gasteiger partial charge in [-0.15, -0.1) is 5.10 Å². The van der Waals surface area contributed by atoms with E-state index in [-0.39, 0.29) is 29.7 Å². The second kappa shape index (κ2) is 9.53. The fourth-order valence-electron chi connectivity index (χ4n) is 3.85. The van der Waals surface area contributed by atoms with E-state index >= 15 is 0 Å². The van der Waals surface area contributed by atoms with E-state index in [2.05, 4.69) is 10.4 Å². The summed E-state index contributed by atoms with van der Waals surface area (Å²) in [6, 6.07) is 14.7. The van der Waals surface area contributed by atoms with Crippen molar-refractivity contribution in [3.05, 3.63) is 86.9 Å². The van der Waals surface area contributed by atoms with Crippen molar-refractivity contribution in [1.82, 2.24) is 15.1 Å². The van der Waals surface area contributed by atoms with Gasteiger partial charge in [0, 0.05) is 30.7 Å². The van der Waals surface area contributed by atoms with E-state index in [4.69, 9.17) is 11.6 Å². The van der Waals surface area contributed by atoms with Crippen molar-refractivity contribution in [1.29, 1.82) is 0 Å². The highest BCUT2D eigenvalue weighted by Gasteiger charge is 2.27. The molecular weight excluding hydrogens is 431 g/mol. The number of nitrogens with zero attached hydrogens (tertiary/aromatic N) is 3. The minimum atomic E-state index is -0.323. The zero-order valence-electron chi connectivity index (χ0n) is 17.7. The van der Waals surface area contributed by atoms with Gasteiger partial charge in [0.1, 0.15) is 11.6 Å². The first kappa shape index (κ1) is 22.0. The fourth-order valence-corrected chi connectivity index (χ4v) is 4.02. The van der Waals surface area contributed by atoms with Crippen molar-refractivity contribution in [3.63, 3.8) is 0 Å². The Balaban J connectivity index is 1.47. The van der Waals surface area contributed by atoms with Crippen LogP contribution in [-0.4, -0.2) is 28.8 Å². The summed E-state index contributed by atoms with van der Waals surface area (Å²) in [6.07, 6.45) is 1.59. The third-order valence-electron chi connectivity index (χ3n) is 5.66. The first-order valence-electron chi connectivity index (χ1n) is 10.5. The van der Waals surface area contributed by atoms with Gasteiger partial charge in [-0.05, 0) is 61.2 Å². The van der Waals surface area contributed by atoms with Crippen molar-refractivity contribution in [2.75, 3.05) is 18.0 Å². The van der Waals surface area contributed by atoms with Crippen LogP contribution in [0.2, 0.25) is 5.02 Å². The Morgan fingerprint density at radius 1 is 1.22 bits per heavy atom. The van der Waals surface area contributed by atoms with Crippen LogP contribution in [0.4, 0.5) is 10.2 Å². The minimum Gasteiger partial charge on any atom is -0.354 e. The second-order valence-corrected chi connectivity index (χ2v) is 8.42. The van der Waals surface area contributed by atoms with Crippen LogP contribution in [0.25, 0.3) is 5.69 Å². The van der Waals surface area contributed by atoms with Crippen molar-refractivity contribution < 1.29 is 9.18 Å². The molecule has 0 unspecified atom stereocenters. The normalized spacial score (nSPS) is 16.1. The number of anilines is 1. The van der Waals surface area contributed by atoms with Gasteiger partial charge in [-0.3, -0.25) is 9.59 Å². The maximum absolute atomic E-state index is 13.4. The van der Waals surface area contributed by atoms with Crippen molar-refractivity contribution in [3.8, 4) is 5.69 Å². The van der Waals surface area contributed by atoms with E-state index in [1.165, 1.54) is 22.9 Å². The third-order valence-corrected chi connectivity index (χ3v) is 6.07. The number of benzene rings is 2. The van der Waals surface area contributed by atoms with Gasteiger partial charge in [0.25, 0.3) is 5.56 Å². The van der Waals surface area contributed by atoms with Crippen molar-refractivity contribution in [2.24, 2.45) is 5.92 Å². The molecule has 1 fully saturated rings. The van der Waals surface area contributed by atoms with Crippen molar-refractivity contribution in [2.45, 2.75) is 26.3 Å². The highest BCUT2D eigenvalue weighted by atomic mass is 35.5. The van der Waals surface area contributed by atoms with Crippen LogP contribution >= 0.6 is 11.6 Å². The molecule has 1 aromatic heterocycles. The molecule has 4 rings (SSSR count). The number of amides is 1. The van der Waals surface area contributed by atoms with Gasteiger partial charge in [0.15, 0.2) is 0 Å². The van der Waals surface area contributed by atoms with Gasteiger partial charge in [-0.1, -0.05) is 29.8 Å². The first-order chi connectivity index (χ1) is 15.4. The number of carbonyl (C=O) groups excluding carboxylic acids is 1. The number of nitrogens with one attached hydrogen (secondary N) is 1. The van der Waals surface area contributed by atoms with Crippen LogP contribution in [0.15, 0.2) is 59.4 Å². The zero-order chi connectivity index (χ0) is 22.7. The number of hydrogen-bond acceptors (Lipinski definition) is 4. The average Bonchev–Trinajstić information content (AvgIpc) is 2.80. The topological polar surface area (TPSA) is 67.2 Å². The van der Waals surface area contributed by atoms with E-state index in [1.54, 1.807) is 30.3 Å². The van der Waals surface area contributed by atoms with Crippen LogP contribution in [0, 0.1) is 18.7 Å². The summed E-state index contributed by atoms with van der Waals surface area (Å²) < 4.78 is 14.7. The minimum absolute atomic E-state index is 0.0717. The SMILES string of the molecule is Cc1ccc(-n2nc(N3CCC[C@@H](C(=O)NCc4cccc(F)c4)C3)ccc2=O)cc1Cl. The molecule has 0 bridgehead atoms. The molecule has 166 valence electrons. The molecule has 0 spiro atoms. The quantitative estimate of drug-likeness (QED) is 0.635. The Kier molecular flexibility index (Phi) is 6.55. The Hall–Kier alpha value is -3.19. The van der Waals surface area contributed by atoms with Gasteiger partial charge in [-0.25, -0.2) is 4.39 Å². The largest absolute Gasteiger partial charge is 0.354 e. The van der Waals surface area contributed by atoms with E-state index in [1.807, 2.05) is 17.9 Å². The molecule has 0 radical (unpaired) electrons. The molecule has 1 saturated heterocycles. The summed E-state index contributed by atoms with van der Waals surface area (Å²) in [5.74, 6) is 0.0199. The average molecular weight is 455 g/mol. The molecule has 3 aromatic rings. The lowest BCUT2D eigenvalue weighted by molar-refractivity contribution is -0.125. The summed E-state index contributed by atoms with van der Waals surface area (Å²) in [6.45, 7) is 3.42. The molecule has 2 aromatic carbocycles. The molecular formula is C24H24ClFN4O2. The fraction of sp³-hybridized carbons (Fsp3) is 0.292. The summed E-state index contributed by atoms with van der Waals surface area (Å²) in [5, 5.41) is 8.00. The van der Waals surface area contributed by atoms with E-state index in [0.29, 0.717) is 23.1 Å². The van der Waals surface area contributed by atoms with Gasteiger partial charge < -0.3 is 10.2 Å². The summed E-state index contributed by atoms with van der Waals surface area (Å²) >= 11 is 6.22. The lowest BCUT2D eigenvalue weighted by atomic mass is 9.97. The third kappa shape index (κ3) is 4.99. The molecule has 2 heterocycles. The Morgan fingerprint density at radius 2 is 2.06 bits per heavy atom. The number of aromatic nitrogens is 2. The van der Waals surface area contributed by atoms with Crippen LogP contribution in [0.5, 0.6) is 0 Å². The summed E-state index contributed by atoms with van der Waals surface area (Å²) in [5.41, 5.74) is 1.98. The van der Waals surface area contributed by atoms with Crippen LogP contribution < -0.4 is 15.8 Å². The van der Waals surface area contributed by atoms with E-state index in [0.717, 1.165) is 30.5 Å². The summed E-state index contributed by atoms with van der Waals surface area (Å²) in [4.78, 5) is 27.2. The molecule has 1 aliphatic rings. The highest BCUT2D eigenvalue weighted by Crippen LogP contribution is 2.23. The number of rotatable bonds is 5. The predicted octanol–water partition coefficient (Wildman–Crippen LogP) is 3.87. The van der Waals surface area contributed by atoms with Crippen LogP contribution in [0.1, 0.15) is 24.0 Å². The molecule has 8 heteroatoms. The second-order valence-electron chi connectivity index (χ2n) is 8.01.